The van der Waals surface area contributed by atoms with Gasteiger partial charge in [0.2, 0.25) is 0 Å². The first kappa shape index (κ1) is 22.9. The highest BCUT2D eigenvalue weighted by Gasteiger charge is 2.21. The van der Waals surface area contributed by atoms with Crippen molar-refractivity contribution in [3.05, 3.63) is 70.8 Å². The maximum atomic E-state index is 10.3. The first-order chi connectivity index (χ1) is 14.4. The standard InChI is InChI=1S/C22H25N3O2.HNO2/c1-22(2,11-17-13-24-20-9-5-4-8-19(17)20)25-14-18(26)15-27-21-10-6-3-7-16(21)12-23;2-1-3/h3-10,13,18,24-26H,11,14-15H2,1-2H3;(H,2,3). The number of hydrogen-bond donors (Lipinski definition) is 4. The van der Waals surface area contributed by atoms with Gasteiger partial charge in [-0.3, -0.25) is 0 Å². The molecule has 8 nitrogen and oxygen atoms in total. The molecule has 0 saturated heterocycles. The number of H-pyrrole nitrogens is 1. The van der Waals surface area contributed by atoms with Gasteiger partial charge in [0.25, 0.3) is 0 Å². The molecular formula is C22H26N4O4. The van der Waals surface area contributed by atoms with E-state index >= 15 is 0 Å². The fraction of sp³-hybridized carbons (Fsp3) is 0.318. The van der Waals surface area contributed by atoms with Crippen LogP contribution in [0, 0.1) is 16.2 Å². The molecule has 2 aromatic carbocycles. The number of fused-ring (bicyclic) bond motifs is 1. The fourth-order valence-corrected chi connectivity index (χ4v) is 3.14. The van der Waals surface area contributed by atoms with E-state index in [0.717, 1.165) is 11.9 Å². The molecule has 0 aliphatic carbocycles. The Hall–Kier alpha value is -3.41. The van der Waals surface area contributed by atoms with Gasteiger partial charge in [-0.15, -0.1) is 4.91 Å². The minimum atomic E-state index is -0.668. The number of benzene rings is 2. The lowest BCUT2D eigenvalue weighted by Crippen LogP contribution is -2.46. The minimum Gasteiger partial charge on any atom is -0.489 e. The number of rotatable bonds is 8. The van der Waals surface area contributed by atoms with Gasteiger partial charge in [0, 0.05) is 29.2 Å². The van der Waals surface area contributed by atoms with Gasteiger partial charge >= 0.3 is 0 Å². The van der Waals surface area contributed by atoms with Gasteiger partial charge in [0.1, 0.15) is 24.5 Å². The molecule has 0 spiro atoms. The van der Waals surface area contributed by atoms with Crippen LogP contribution in [0.25, 0.3) is 10.9 Å². The number of hydrogen-bond acceptors (Lipinski definition) is 6. The number of aromatic nitrogens is 1. The fourth-order valence-electron chi connectivity index (χ4n) is 3.14. The molecule has 0 radical (unpaired) electrons. The van der Waals surface area contributed by atoms with Crippen LogP contribution in [0.2, 0.25) is 0 Å². The summed E-state index contributed by atoms with van der Waals surface area (Å²) in [6, 6.07) is 17.4. The molecule has 0 amide bonds. The molecule has 4 N–H and O–H groups in total. The van der Waals surface area contributed by atoms with Crippen molar-refractivity contribution in [2.24, 2.45) is 5.34 Å². The quantitative estimate of drug-likeness (QED) is 0.332. The molecule has 1 aromatic heterocycles. The highest BCUT2D eigenvalue weighted by Crippen LogP contribution is 2.22. The zero-order chi connectivity index (χ0) is 22.0. The van der Waals surface area contributed by atoms with Crippen LogP contribution in [0.3, 0.4) is 0 Å². The topological polar surface area (TPSA) is 131 Å². The number of β-amino-alcohol motifs (C(OH)–C–C–N with tert-alkyl or cyclic N) is 1. The van der Waals surface area contributed by atoms with Gasteiger partial charge < -0.3 is 25.4 Å². The van der Waals surface area contributed by atoms with E-state index in [9.17, 15) is 5.11 Å². The predicted molar refractivity (Wildman–Crippen MR) is 114 cm³/mol. The molecule has 158 valence electrons. The van der Waals surface area contributed by atoms with Crippen LogP contribution in [-0.4, -0.2) is 40.1 Å². The van der Waals surface area contributed by atoms with Crippen LogP contribution in [0.15, 0.2) is 60.1 Å². The van der Waals surface area contributed by atoms with Gasteiger partial charge in [0.15, 0.2) is 5.34 Å². The van der Waals surface area contributed by atoms with Crippen LogP contribution in [0.5, 0.6) is 5.75 Å². The third-order valence-electron chi connectivity index (χ3n) is 4.56. The van der Waals surface area contributed by atoms with Crippen molar-refractivity contribution in [3.63, 3.8) is 0 Å². The molecule has 3 aromatic rings. The van der Waals surface area contributed by atoms with Crippen molar-refractivity contribution >= 4 is 10.9 Å². The van der Waals surface area contributed by atoms with Crippen LogP contribution in [0.1, 0.15) is 25.0 Å². The Morgan fingerprint density at radius 3 is 2.63 bits per heavy atom. The monoisotopic (exact) mass is 410 g/mol. The Balaban J connectivity index is 0.00000101. The first-order valence-corrected chi connectivity index (χ1v) is 9.47. The Labute approximate surface area is 175 Å². The highest BCUT2D eigenvalue weighted by atomic mass is 16.6. The lowest BCUT2D eigenvalue weighted by Gasteiger charge is -2.28. The van der Waals surface area contributed by atoms with Crippen LogP contribution in [-0.2, 0) is 6.42 Å². The molecule has 8 heteroatoms. The molecular weight excluding hydrogens is 384 g/mol. The van der Waals surface area contributed by atoms with E-state index < -0.39 is 6.10 Å². The van der Waals surface area contributed by atoms with Crippen LogP contribution in [0.4, 0.5) is 0 Å². The summed E-state index contributed by atoms with van der Waals surface area (Å²) in [5.74, 6) is 0.497. The van der Waals surface area contributed by atoms with Crippen molar-refractivity contribution in [1.82, 2.24) is 10.3 Å². The Kier molecular flexibility index (Phi) is 8.35. The summed E-state index contributed by atoms with van der Waals surface area (Å²) in [7, 11) is 0. The summed E-state index contributed by atoms with van der Waals surface area (Å²) in [4.78, 5) is 11.4. The molecule has 0 aliphatic rings. The van der Waals surface area contributed by atoms with Crippen molar-refractivity contribution in [3.8, 4) is 11.8 Å². The largest absolute Gasteiger partial charge is 0.489 e. The lowest BCUT2D eigenvalue weighted by molar-refractivity contribution is 0.0987. The lowest BCUT2D eigenvalue weighted by atomic mass is 9.94. The smallest absolute Gasteiger partial charge is 0.152 e. The number of nitrogens with one attached hydrogen (secondary N) is 2. The van der Waals surface area contributed by atoms with E-state index in [2.05, 4.69) is 42.4 Å². The number of ether oxygens (including phenoxy) is 1. The van der Waals surface area contributed by atoms with E-state index in [1.54, 1.807) is 18.2 Å². The van der Waals surface area contributed by atoms with Gasteiger partial charge in [-0.05, 0) is 44.0 Å². The summed E-state index contributed by atoms with van der Waals surface area (Å²) >= 11 is 0. The molecule has 1 atom stereocenters. The minimum absolute atomic E-state index is 0.134. The van der Waals surface area contributed by atoms with E-state index in [1.165, 1.54) is 16.3 Å². The first-order valence-electron chi connectivity index (χ1n) is 9.47. The summed E-state index contributed by atoms with van der Waals surface area (Å²) in [5.41, 5.74) is 2.67. The van der Waals surface area contributed by atoms with Gasteiger partial charge in [-0.2, -0.15) is 5.26 Å². The molecule has 30 heavy (non-hydrogen) atoms. The second-order valence-electron chi connectivity index (χ2n) is 7.46. The Morgan fingerprint density at radius 1 is 1.23 bits per heavy atom. The Bertz CT molecular complexity index is 994. The van der Waals surface area contributed by atoms with Crippen LogP contribution < -0.4 is 10.1 Å². The van der Waals surface area contributed by atoms with E-state index in [-0.39, 0.29) is 12.1 Å². The second kappa shape index (κ2) is 11.0. The zero-order valence-corrected chi connectivity index (χ0v) is 17.0. The average molecular weight is 410 g/mol. The number of nitrogens with zero attached hydrogens (tertiary/aromatic N) is 2. The van der Waals surface area contributed by atoms with Gasteiger partial charge in [-0.1, -0.05) is 30.3 Å². The number of para-hydroxylation sites is 2. The van der Waals surface area contributed by atoms with E-state index in [1.807, 2.05) is 24.4 Å². The van der Waals surface area contributed by atoms with Crippen LogP contribution >= 0.6 is 0 Å². The Morgan fingerprint density at radius 2 is 1.90 bits per heavy atom. The number of aromatic amines is 1. The third-order valence-corrected chi connectivity index (χ3v) is 4.56. The maximum absolute atomic E-state index is 10.3. The third kappa shape index (κ3) is 6.58. The normalized spacial score (nSPS) is 11.8. The summed E-state index contributed by atoms with van der Waals surface area (Å²) < 4.78 is 5.60. The summed E-state index contributed by atoms with van der Waals surface area (Å²) in [6.45, 7) is 4.78. The molecule has 1 heterocycles. The van der Waals surface area contributed by atoms with Crippen molar-refractivity contribution in [2.75, 3.05) is 13.2 Å². The van der Waals surface area contributed by atoms with Crippen molar-refractivity contribution in [2.45, 2.75) is 31.9 Å². The summed E-state index contributed by atoms with van der Waals surface area (Å²) in [6.07, 6.45) is 2.22. The van der Waals surface area contributed by atoms with E-state index in [0.29, 0.717) is 17.9 Å². The SMILES string of the molecule is CC(C)(Cc1c[nH]c2ccccc12)NCC(O)COc1ccccc1C#N.O=NO. The second-order valence-corrected chi connectivity index (χ2v) is 7.46. The maximum Gasteiger partial charge on any atom is 0.152 e. The number of aliphatic hydroxyl groups is 1. The average Bonchev–Trinajstić information content (AvgIpc) is 3.14. The number of aliphatic hydroxyl groups excluding tert-OH is 1. The van der Waals surface area contributed by atoms with Crippen molar-refractivity contribution in [1.29, 1.82) is 5.26 Å². The summed E-state index contributed by atoms with van der Waals surface area (Å²) in [5, 5.41) is 31.9. The van der Waals surface area contributed by atoms with Crippen molar-refractivity contribution < 1.29 is 15.1 Å². The van der Waals surface area contributed by atoms with Gasteiger partial charge in [0.05, 0.1) is 5.56 Å². The molecule has 0 bridgehead atoms. The zero-order valence-electron chi connectivity index (χ0n) is 17.0. The number of nitriles is 1. The predicted octanol–water partition coefficient (Wildman–Crippen LogP) is 3.53. The van der Waals surface area contributed by atoms with E-state index in [4.69, 9.17) is 20.1 Å². The highest BCUT2D eigenvalue weighted by molar-refractivity contribution is 5.83. The molecule has 3 rings (SSSR count). The molecule has 0 saturated carbocycles. The molecule has 0 fully saturated rings. The molecule has 0 aliphatic heterocycles. The molecule has 1 unspecified atom stereocenters. The van der Waals surface area contributed by atoms with Gasteiger partial charge in [-0.25, -0.2) is 0 Å².